The number of nitrogens with zero attached hydrogens (tertiary/aromatic N) is 1. The maximum atomic E-state index is 12.9. The fourth-order valence-corrected chi connectivity index (χ4v) is 1.50. The maximum absolute atomic E-state index is 12.9. The molecule has 1 aromatic rings. The van der Waals surface area contributed by atoms with Crippen LogP contribution < -0.4 is 5.32 Å². The van der Waals surface area contributed by atoms with Gasteiger partial charge in [0.15, 0.2) is 0 Å². The van der Waals surface area contributed by atoms with Crippen LogP contribution in [0, 0.1) is 17.1 Å². The number of amides is 1. The highest BCUT2D eigenvalue weighted by molar-refractivity contribution is 6.32. The molecule has 6 heteroatoms. The van der Waals surface area contributed by atoms with Gasteiger partial charge in [-0.3, -0.25) is 5.32 Å². The Kier molecular flexibility index (Phi) is 5.15. The molecule has 4 nitrogen and oxygen atoms in total. The van der Waals surface area contributed by atoms with Gasteiger partial charge in [0.05, 0.1) is 23.4 Å². The van der Waals surface area contributed by atoms with Crippen LogP contribution in [0.15, 0.2) is 24.3 Å². The standard InChI is InChI=1S/C12H10ClFN2O2/c1-2-18-12(17)16-11(5-6-15)9-4-3-8(14)7-10(9)13/h3-5,7H,2H2,1H3,(H,16,17)/b11-5-. The van der Waals surface area contributed by atoms with Gasteiger partial charge in [-0.05, 0) is 25.1 Å². The first kappa shape index (κ1) is 14.0. The van der Waals surface area contributed by atoms with Gasteiger partial charge in [-0.2, -0.15) is 5.26 Å². The van der Waals surface area contributed by atoms with E-state index in [1.54, 1.807) is 13.0 Å². The van der Waals surface area contributed by atoms with Gasteiger partial charge in [-0.15, -0.1) is 0 Å². The Labute approximate surface area is 109 Å². The van der Waals surface area contributed by atoms with Crippen LogP contribution in [-0.2, 0) is 4.74 Å². The minimum atomic E-state index is -0.709. The third kappa shape index (κ3) is 3.75. The van der Waals surface area contributed by atoms with Crippen LogP contribution in [0.2, 0.25) is 5.02 Å². The van der Waals surface area contributed by atoms with E-state index in [-0.39, 0.29) is 17.3 Å². The second-order valence-corrected chi connectivity index (χ2v) is 3.56. The van der Waals surface area contributed by atoms with Crippen molar-refractivity contribution >= 4 is 23.4 Å². The van der Waals surface area contributed by atoms with E-state index in [0.29, 0.717) is 5.56 Å². The molecule has 0 aromatic heterocycles. The normalized spacial score (nSPS) is 10.7. The summed E-state index contributed by atoms with van der Waals surface area (Å²) in [6.45, 7) is 1.85. The number of hydrogen-bond donors (Lipinski definition) is 1. The molecule has 1 amide bonds. The first-order valence-corrected chi connectivity index (χ1v) is 5.45. The molecule has 0 aliphatic rings. The Morgan fingerprint density at radius 3 is 2.94 bits per heavy atom. The second kappa shape index (κ2) is 6.62. The van der Waals surface area contributed by atoms with E-state index < -0.39 is 11.9 Å². The molecular formula is C12H10ClFN2O2. The molecule has 0 radical (unpaired) electrons. The minimum Gasteiger partial charge on any atom is -0.450 e. The van der Waals surface area contributed by atoms with Gasteiger partial charge in [0.1, 0.15) is 5.82 Å². The summed E-state index contributed by atoms with van der Waals surface area (Å²) in [6.07, 6.45) is 0.384. The van der Waals surface area contributed by atoms with E-state index in [1.165, 1.54) is 12.1 Å². The predicted molar refractivity (Wildman–Crippen MR) is 65.2 cm³/mol. The van der Waals surface area contributed by atoms with E-state index in [4.69, 9.17) is 16.9 Å². The number of carbonyl (C=O) groups is 1. The highest BCUT2D eigenvalue weighted by Crippen LogP contribution is 2.23. The maximum Gasteiger partial charge on any atom is 0.411 e. The Hall–Kier alpha value is -2.06. The molecule has 1 aromatic carbocycles. The number of benzene rings is 1. The number of ether oxygens (including phenoxy) is 1. The third-order valence-corrected chi connectivity index (χ3v) is 2.26. The van der Waals surface area contributed by atoms with Gasteiger partial charge in [-0.1, -0.05) is 11.6 Å². The zero-order chi connectivity index (χ0) is 13.5. The van der Waals surface area contributed by atoms with Crippen molar-refractivity contribution in [3.63, 3.8) is 0 Å². The van der Waals surface area contributed by atoms with E-state index in [2.05, 4.69) is 10.1 Å². The second-order valence-electron chi connectivity index (χ2n) is 3.16. The molecule has 0 atom stereocenters. The molecule has 0 spiro atoms. The lowest BCUT2D eigenvalue weighted by atomic mass is 10.1. The van der Waals surface area contributed by atoms with Crippen LogP contribution in [0.5, 0.6) is 0 Å². The van der Waals surface area contributed by atoms with E-state index in [0.717, 1.165) is 12.1 Å². The van der Waals surface area contributed by atoms with Crippen molar-refractivity contribution in [3.05, 3.63) is 40.7 Å². The summed E-state index contributed by atoms with van der Waals surface area (Å²) in [6, 6.07) is 5.41. The van der Waals surface area contributed by atoms with Crippen molar-refractivity contribution in [2.45, 2.75) is 6.92 Å². The van der Waals surface area contributed by atoms with E-state index in [9.17, 15) is 9.18 Å². The molecule has 1 rings (SSSR count). The Balaban J connectivity index is 3.03. The molecule has 18 heavy (non-hydrogen) atoms. The van der Waals surface area contributed by atoms with Crippen molar-refractivity contribution in [2.75, 3.05) is 6.61 Å². The van der Waals surface area contributed by atoms with Crippen molar-refractivity contribution in [2.24, 2.45) is 0 Å². The van der Waals surface area contributed by atoms with Crippen molar-refractivity contribution in [1.82, 2.24) is 5.32 Å². The monoisotopic (exact) mass is 268 g/mol. The van der Waals surface area contributed by atoms with Gasteiger partial charge in [0, 0.05) is 11.6 Å². The van der Waals surface area contributed by atoms with Crippen LogP contribution in [-0.4, -0.2) is 12.7 Å². The van der Waals surface area contributed by atoms with Crippen LogP contribution in [0.1, 0.15) is 12.5 Å². The SMILES string of the molecule is CCOC(=O)N/C(=C\C#N)c1ccc(F)cc1Cl. The summed E-state index contributed by atoms with van der Waals surface area (Å²) >= 11 is 5.84. The first-order chi connectivity index (χ1) is 8.58. The first-order valence-electron chi connectivity index (χ1n) is 5.07. The van der Waals surface area contributed by atoms with Crippen LogP contribution in [0.3, 0.4) is 0 Å². The van der Waals surface area contributed by atoms with Gasteiger partial charge in [0.2, 0.25) is 0 Å². The summed E-state index contributed by atoms with van der Waals surface area (Å²) in [5, 5.41) is 11.1. The topological polar surface area (TPSA) is 62.1 Å². The lowest BCUT2D eigenvalue weighted by molar-refractivity contribution is 0.157. The van der Waals surface area contributed by atoms with Gasteiger partial charge < -0.3 is 4.74 Å². The van der Waals surface area contributed by atoms with Gasteiger partial charge in [0.25, 0.3) is 0 Å². The molecule has 0 bridgehead atoms. The van der Waals surface area contributed by atoms with Crippen molar-refractivity contribution < 1.29 is 13.9 Å². The summed E-state index contributed by atoms with van der Waals surface area (Å²) in [5.74, 6) is -0.504. The molecule has 0 heterocycles. The predicted octanol–water partition coefficient (Wildman–Crippen LogP) is 3.09. The molecule has 0 aliphatic carbocycles. The number of halogens is 2. The summed E-state index contributed by atoms with van der Waals surface area (Å²) in [4.78, 5) is 11.3. The number of allylic oxidation sites excluding steroid dienone is 1. The lowest BCUT2D eigenvalue weighted by Crippen LogP contribution is -2.23. The number of nitrogens with one attached hydrogen (secondary N) is 1. The molecular weight excluding hydrogens is 259 g/mol. The molecule has 0 aliphatic heterocycles. The van der Waals surface area contributed by atoms with Crippen LogP contribution in [0.25, 0.3) is 5.70 Å². The molecule has 0 saturated carbocycles. The summed E-state index contributed by atoms with van der Waals surface area (Å²) in [7, 11) is 0. The highest BCUT2D eigenvalue weighted by atomic mass is 35.5. The largest absolute Gasteiger partial charge is 0.450 e. The van der Waals surface area contributed by atoms with Gasteiger partial charge >= 0.3 is 6.09 Å². The third-order valence-electron chi connectivity index (χ3n) is 1.94. The van der Waals surface area contributed by atoms with E-state index >= 15 is 0 Å². The van der Waals surface area contributed by atoms with Crippen LogP contribution >= 0.6 is 11.6 Å². The Morgan fingerprint density at radius 2 is 2.39 bits per heavy atom. The Morgan fingerprint density at radius 1 is 1.67 bits per heavy atom. The molecule has 1 N–H and O–H groups in total. The zero-order valence-corrected chi connectivity index (χ0v) is 10.3. The summed E-state index contributed by atoms with van der Waals surface area (Å²) < 4.78 is 17.6. The minimum absolute atomic E-state index is 0.0910. The quantitative estimate of drug-likeness (QED) is 0.857. The number of nitriles is 1. The molecule has 0 fully saturated rings. The smallest absolute Gasteiger partial charge is 0.411 e. The van der Waals surface area contributed by atoms with Crippen LogP contribution in [0.4, 0.5) is 9.18 Å². The number of rotatable bonds is 3. The molecule has 0 unspecified atom stereocenters. The highest BCUT2D eigenvalue weighted by Gasteiger charge is 2.11. The van der Waals surface area contributed by atoms with Gasteiger partial charge in [-0.25, -0.2) is 9.18 Å². The molecule has 94 valence electrons. The average Bonchev–Trinajstić information content (AvgIpc) is 2.29. The lowest BCUT2D eigenvalue weighted by Gasteiger charge is -2.10. The fourth-order valence-electron chi connectivity index (χ4n) is 1.23. The summed E-state index contributed by atoms with van der Waals surface area (Å²) in [5.41, 5.74) is 0.494. The Bertz CT molecular complexity index is 523. The van der Waals surface area contributed by atoms with Crippen molar-refractivity contribution in [1.29, 1.82) is 5.26 Å². The number of carbonyl (C=O) groups excluding carboxylic acids is 1. The molecule has 0 saturated heterocycles. The number of hydrogen-bond acceptors (Lipinski definition) is 3. The van der Waals surface area contributed by atoms with E-state index in [1.807, 2.05) is 0 Å². The number of alkyl carbamates (subject to hydrolysis) is 1. The average molecular weight is 269 g/mol. The van der Waals surface area contributed by atoms with Crippen molar-refractivity contribution in [3.8, 4) is 6.07 Å². The fraction of sp³-hybridized carbons (Fsp3) is 0.167. The zero-order valence-electron chi connectivity index (χ0n) is 9.54.